The number of nitrogens with zero attached hydrogens (tertiary/aromatic N) is 1. The first-order valence-electron chi connectivity index (χ1n) is 7.20. The van der Waals surface area contributed by atoms with E-state index in [1.54, 1.807) is 26.0 Å². The fourth-order valence-corrected chi connectivity index (χ4v) is 3.82. The predicted octanol–water partition coefficient (Wildman–Crippen LogP) is 2.69. The summed E-state index contributed by atoms with van der Waals surface area (Å²) in [5.41, 5.74) is 7.36. The number of hydrogen-bond acceptors (Lipinski definition) is 4. The number of nitrogen functional groups attached to an aromatic ring is 1. The van der Waals surface area contributed by atoms with E-state index < -0.39 is 15.1 Å². The largest absolute Gasteiger partial charge is 0.398 e. The lowest BCUT2D eigenvalue weighted by Gasteiger charge is -2.33. The summed E-state index contributed by atoms with van der Waals surface area (Å²) in [7, 11) is -3.31. The molecule has 0 saturated carbocycles. The zero-order chi connectivity index (χ0) is 14.9. The van der Waals surface area contributed by atoms with Crippen molar-refractivity contribution < 1.29 is 8.42 Å². The van der Waals surface area contributed by atoms with Gasteiger partial charge in [0.15, 0.2) is 9.84 Å². The second kappa shape index (κ2) is 5.64. The van der Waals surface area contributed by atoms with Crippen molar-refractivity contribution in [1.29, 1.82) is 0 Å². The Morgan fingerprint density at radius 2 is 2.05 bits per heavy atom. The molecule has 0 radical (unpaired) electrons. The number of piperidine rings is 1. The Balaban J connectivity index is 2.31. The predicted molar refractivity (Wildman–Crippen MR) is 83.8 cm³/mol. The number of sulfone groups is 1. The van der Waals surface area contributed by atoms with Crippen molar-refractivity contribution in [2.24, 2.45) is 5.92 Å². The molecule has 1 atom stereocenters. The molecule has 1 aromatic carbocycles. The minimum absolute atomic E-state index is 0.251. The van der Waals surface area contributed by atoms with Gasteiger partial charge in [0.2, 0.25) is 0 Å². The van der Waals surface area contributed by atoms with Crippen molar-refractivity contribution in [3.8, 4) is 0 Å². The third kappa shape index (κ3) is 2.92. The fraction of sp³-hybridized carbons (Fsp3) is 0.600. The van der Waals surface area contributed by atoms with E-state index in [0.717, 1.165) is 18.8 Å². The van der Waals surface area contributed by atoms with E-state index >= 15 is 0 Å². The summed E-state index contributed by atoms with van der Waals surface area (Å²) >= 11 is 0. The average Bonchev–Trinajstić information content (AvgIpc) is 2.38. The second-order valence-electron chi connectivity index (χ2n) is 6.01. The molecule has 1 saturated heterocycles. The van der Waals surface area contributed by atoms with Crippen molar-refractivity contribution in [3.63, 3.8) is 0 Å². The lowest BCUT2D eigenvalue weighted by molar-refractivity contribution is 0.447. The monoisotopic (exact) mass is 296 g/mol. The SMILES string of the molecule is CC(C)S(=O)(=O)c1ccc(N2CCC[C@@H](C)C2)cc1N. The third-order valence-electron chi connectivity index (χ3n) is 3.94. The van der Waals surface area contributed by atoms with Crippen LogP contribution in [0.4, 0.5) is 11.4 Å². The van der Waals surface area contributed by atoms with Gasteiger partial charge in [-0.25, -0.2) is 8.42 Å². The lowest BCUT2D eigenvalue weighted by atomic mass is 10.00. The normalized spacial score (nSPS) is 20.4. The summed E-state index contributed by atoms with van der Waals surface area (Å²) in [6.45, 7) is 7.62. The van der Waals surface area contributed by atoms with Crippen LogP contribution in [0.1, 0.15) is 33.6 Å². The molecule has 0 aliphatic carbocycles. The van der Waals surface area contributed by atoms with Gasteiger partial charge in [-0.05, 0) is 50.8 Å². The van der Waals surface area contributed by atoms with Gasteiger partial charge in [-0.1, -0.05) is 6.92 Å². The van der Waals surface area contributed by atoms with Gasteiger partial charge >= 0.3 is 0 Å². The molecule has 1 aliphatic heterocycles. The Kier molecular flexibility index (Phi) is 4.28. The van der Waals surface area contributed by atoms with Crippen molar-refractivity contribution >= 4 is 21.2 Å². The molecule has 1 aliphatic rings. The van der Waals surface area contributed by atoms with Crippen LogP contribution >= 0.6 is 0 Å². The Hall–Kier alpha value is -1.23. The van der Waals surface area contributed by atoms with Crippen molar-refractivity contribution in [2.45, 2.75) is 43.8 Å². The van der Waals surface area contributed by atoms with E-state index in [1.165, 1.54) is 12.8 Å². The van der Waals surface area contributed by atoms with Gasteiger partial charge in [-0.3, -0.25) is 0 Å². The van der Waals surface area contributed by atoms with E-state index in [-0.39, 0.29) is 4.90 Å². The topological polar surface area (TPSA) is 63.4 Å². The Bertz CT molecular complexity index is 582. The van der Waals surface area contributed by atoms with Crippen molar-refractivity contribution in [3.05, 3.63) is 18.2 Å². The number of anilines is 2. The van der Waals surface area contributed by atoms with Crippen LogP contribution in [0, 0.1) is 5.92 Å². The molecule has 0 bridgehead atoms. The van der Waals surface area contributed by atoms with Gasteiger partial charge in [-0.15, -0.1) is 0 Å². The number of rotatable bonds is 3. The van der Waals surface area contributed by atoms with Crippen molar-refractivity contribution in [1.82, 2.24) is 0 Å². The number of hydrogen-bond donors (Lipinski definition) is 1. The minimum Gasteiger partial charge on any atom is -0.398 e. The first kappa shape index (κ1) is 15.2. The summed E-state index contributed by atoms with van der Waals surface area (Å²) in [5, 5.41) is -0.453. The minimum atomic E-state index is -3.31. The van der Waals surface area contributed by atoms with Crippen LogP contribution in [0.15, 0.2) is 23.1 Å². The first-order valence-corrected chi connectivity index (χ1v) is 8.75. The summed E-state index contributed by atoms with van der Waals surface area (Å²) in [6, 6.07) is 5.33. The number of benzene rings is 1. The quantitative estimate of drug-likeness (QED) is 0.871. The molecular formula is C15H24N2O2S. The highest BCUT2D eigenvalue weighted by Crippen LogP contribution is 2.29. The molecule has 5 heteroatoms. The van der Waals surface area contributed by atoms with E-state index in [2.05, 4.69) is 11.8 Å². The van der Waals surface area contributed by atoms with Gasteiger partial charge in [0, 0.05) is 18.8 Å². The molecule has 0 amide bonds. The maximum absolute atomic E-state index is 12.2. The summed E-state index contributed by atoms with van der Waals surface area (Å²) in [4.78, 5) is 2.54. The van der Waals surface area contributed by atoms with Crippen LogP contribution in [-0.2, 0) is 9.84 Å². The average molecular weight is 296 g/mol. The van der Waals surface area contributed by atoms with E-state index in [0.29, 0.717) is 11.6 Å². The van der Waals surface area contributed by atoms with Crippen LogP contribution in [0.2, 0.25) is 0 Å². The van der Waals surface area contributed by atoms with E-state index in [4.69, 9.17) is 5.73 Å². The zero-order valence-electron chi connectivity index (χ0n) is 12.5. The maximum Gasteiger partial charge on any atom is 0.182 e. The van der Waals surface area contributed by atoms with Crippen LogP contribution in [0.25, 0.3) is 0 Å². The van der Waals surface area contributed by atoms with Gasteiger partial charge < -0.3 is 10.6 Å². The van der Waals surface area contributed by atoms with Crippen LogP contribution < -0.4 is 10.6 Å². The zero-order valence-corrected chi connectivity index (χ0v) is 13.3. The Morgan fingerprint density at radius 1 is 1.35 bits per heavy atom. The molecular weight excluding hydrogens is 272 g/mol. The fourth-order valence-electron chi connectivity index (χ4n) is 2.67. The van der Waals surface area contributed by atoms with Crippen molar-refractivity contribution in [2.75, 3.05) is 23.7 Å². The molecule has 0 spiro atoms. The summed E-state index contributed by atoms with van der Waals surface area (Å²) in [5.74, 6) is 0.670. The lowest BCUT2D eigenvalue weighted by Crippen LogP contribution is -2.34. The van der Waals surface area contributed by atoms with Crippen LogP contribution in [-0.4, -0.2) is 26.8 Å². The summed E-state index contributed by atoms with van der Waals surface area (Å²) in [6.07, 6.45) is 2.43. The second-order valence-corrected chi connectivity index (χ2v) is 8.48. The molecule has 1 aromatic rings. The molecule has 112 valence electrons. The molecule has 2 N–H and O–H groups in total. The highest BCUT2D eigenvalue weighted by Gasteiger charge is 2.23. The number of nitrogens with two attached hydrogens (primary N) is 1. The molecule has 0 aromatic heterocycles. The highest BCUT2D eigenvalue weighted by molar-refractivity contribution is 7.92. The van der Waals surface area contributed by atoms with Gasteiger partial charge in [0.05, 0.1) is 15.8 Å². The Labute approximate surface area is 121 Å². The smallest absolute Gasteiger partial charge is 0.182 e. The first-order chi connectivity index (χ1) is 9.32. The van der Waals surface area contributed by atoms with Gasteiger partial charge in [-0.2, -0.15) is 0 Å². The molecule has 0 unspecified atom stereocenters. The van der Waals surface area contributed by atoms with Crippen LogP contribution in [0.5, 0.6) is 0 Å². The van der Waals surface area contributed by atoms with Gasteiger partial charge in [0.25, 0.3) is 0 Å². The third-order valence-corrected chi connectivity index (χ3v) is 6.17. The van der Waals surface area contributed by atoms with E-state index in [1.807, 2.05) is 6.07 Å². The molecule has 20 heavy (non-hydrogen) atoms. The molecule has 2 rings (SSSR count). The molecule has 1 heterocycles. The molecule has 1 fully saturated rings. The standard InChI is InChI=1S/C15H24N2O2S/c1-11(2)20(18,19)15-7-6-13(9-14(15)16)17-8-4-5-12(3)10-17/h6-7,9,11-12H,4-5,8,10,16H2,1-3H3/t12-/m1/s1. The highest BCUT2D eigenvalue weighted by atomic mass is 32.2. The summed E-state index contributed by atoms with van der Waals surface area (Å²) < 4.78 is 24.4. The van der Waals surface area contributed by atoms with E-state index in [9.17, 15) is 8.42 Å². The van der Waals surface area contributed by atoms with Crippen LogP contribution in [0.3, 0.4) is 0 Å². The maximum atomic E-state index is 12.2. The molecule has 4 nitrogen and oxygen atoms in total. The Morgan fingerprint density at radius 3 is 2.60 bits per heavy atom. The van der Waals surface area contributed by atoms with Gasteiger partial charge in [0.1, 0.15) is 0 Å².